The molecule has 160 valence electrons. The third-order valence-electron chi connectivity index (χ3n) is 3.54. The summed E-state index contributed by atoms with van der Waals surface area (Å²) in [5.41, 5.74) is 16.1. The summed E-state index contributed by atoms with van der Waals surface area (Å²) < 4.78 is 0. The summed E-state index contributed by atoms with van der Waals surface area (Å²) in [4.78, 5) is 50.4. The van der Waals surface area contributed by atoms with E-state index in [9.17, 15) is 19.2 Å². The van der Waals surface area contributed by atoms with Gasteiger partial charge in [0.2, 0.25) is 11.8 Å². The molecule has 0 aromatic rings. The summed E-state index contributed by atoms with van der Waals surface area (Å²) in [7, 11) is 0. The van der Waals surface area contributed by atoms with E-state index >= 15 is 0 Å². The molecule has 0 unspecified atom stereocenters. The van der Waals surface area contributed by atoms with Gasteiger partial charge in [0.15, 0.2) is 5.96 Å². The van der Waals surface area contributed by atoms with Crippen LogP contribution in [0.5, 0.6) is 0 Å². The fraction of sp³-hybridized carbons (Fsp3) is 0.667. The van der Waals surface area contributed by atoms with Crippen LogP contribution in [0.15, 0.2) is 4.99 Å². The number of nitrogens with one attached hydrogen (secondary N) is 2. The molecular weight excluding hydrogens is 392 g/mol. The molecule has 0 fully saturated rings. The van der Waals surface area contributed by atoms with Gasteiger partial charge in [0.05, 0.1) is 12.5 Å². The number of nitrogens with zero attached hydrogens (tertiary/aromatic N) is 1. The Balaban J connectivity index is 4.88. The monoisotopic (exact) mass is 420 g/mol. The molecule has 12 nitrogen and oxygen atoms in total. The Labute approximate surface area is 166 Å². The maximum atomic E-state index is 12.3. The topological polar surface area (TPSA) is 223 Å². The van der Waals surface area contributed by atoms with Crippen molar-refractivity contribution in [3.63, 3.8) is 0 Å². The van der Waals surface area contributed by atoms with Gasteiger partial charge < -0.3 is 38.0 Å². The highest BCUT2D eigenvalue weighted by Crippen LogP contribution is 2.04. The van der Waals surface area contributed by atoms with Gasteiger partial charge in [-0.3, -0.25) is 19.4 Å². The fourth-order valence-electron chi connectivity index (χ4n) is 2.08. The summed E-state index contributed by atoms with van der Waals surface area (Å²) in [6, 6.07) is -3.66. The minimum Gasteiger partial charge on any atom is -0.481 e. The Morgan fingerprint density at radius 3 is 2.14 bits per heavy atom. The van der Waals surface area contributed by atoms with Crippen molar-refractivity contribution in [3.05, 3.63) is 0 Å². The normalized spacial score (nSPS) is 13.6. The van der Waals surface area contributed by atoms with Gasteiger partial charge in [-0.15, -0.1) is 0 Å². The highest BCUT2D eigenvalue weighted by Gasteiger charge is 2.29. The number of carboxylic acids is 2. The zero-order valence-corrected chi connectivity index (χ0v) is 16.4. The highest BCUT2D eigenvalue weighted by molar-refractivity contribution is 7.98. The summed E-state index contributed by atoms with van der Waals surface area (Å²) >= 11 is 1.40. The summed E-state index contributed by atoms with van der Waals surface area (Å²) in [6.45, 7) is 0.262. The van der Waals surface area contributed by atoms with E-state index in [-0.39, 0.29) is 25.3 Å². The molecule has 0 heterocycles. The lowest BCUT2D eigenvalue weighted by atomic mass is 10.1. The first-order valence-corrected chi connectivity index (χ1v) is 9.83. The molecule has 0 aromatic carbocycles. The van der Waals surface area contributed by atoms with Crippen LogP contribution < -0.4 is 27.8 Å². The van der Waals surface area contributed by atoms with E-state index in [0.29, 0.717) is 12.2 Å². The maximum absolute atomic E-state index is 12.3. The minimum absolute atomic E-state index is 0.0920. The van der Waals surface area contributed by atoms with Crippen molar-refractivity contribution in [2.24, 2.45) is 22.2 Å². The highest BCUT2D eigenvalue weighted by atomic mass is 32.2. The standard InChI is InChI=1S/C15H28N6O6S/c1-28-6-4-9(14(26)27)20-13(25)10(7-11(22)23)21-12(24)8(16)3-2-5-19-15(17)18/h8-10H,2-7,16H2,1H3,(H,20,25)(H,21,24)(H,22,23)(H,26,27)(H4,17,18,19)/t8-,9-,10-/m0/s1. The second-order valence-corrected chi connectivity index (χ2v) is 6.88. The van der Waals surface area contributed by atoms with Crippen LogP contribution in [-0.4, -0.2) is 76.6 Å². The Morgan fingerprint density at radius 1 is 1.04 bits per heavy atom. The second-order valence-electron chi connectivity index (χ2n) is 5.90. The third kappa shape index (κ3) is 11.2. The van der Waals surface area contributed by atoms with Gasteiger partial charge in [-0.1, -0.05) is 0 Å². The number of amides is 2. The van der Waals surface area contributed by atoms with Crippen molar-refractivity contribution < 1.29 is 29.4 Å². The maximum Gasteiger partial charge on any atom is 0.326 e. The van der Waals surface area contributed by atoms with Crippen molar-refractivity contribution in [1.82, 2.24) is 10.6 Å². The van der Waals surface area contributed by atoms with E-state index in [0.717, 1.165) is 0 Å². The van der Waals surface area contributed by atoms with Crippen molar-refractivity contribution in [1.29, 1.82) is 0 Å². The quantitative estimate of drug-likeness (QED) is 0.0899. The van der Waals surface area contributed by atoms with E-state index in [1.807, 2.05) is 0 Å². The van der Waals surface area contributed by atoms with Crippen molar-refractivity contribution >= 4 is 41.5 Å². The van der Waals surface area contributed by atoms with E-state index in [2.05, 4.69) is 15.6 Å². The second kappa shape index (κ2) is 13.6. The molecule has 0 aliphatic rings. The van der Waals surface area contributed by atoms with Crippen molar-refractivity contribution in [2.45, 2.75) is 43.8 Å². The number of thioether (sulfide) groups is 1. The lowest BCUT2D eigenvalue weighted by Crippen LogP contribution is -2.55. The molecule has 0 aliphatic heterocycles. The summed E-state index contributed by atoms with van der Waals surface area (Å²) in [5, 5.41) is 22.6. The van der Waals surface area contributed by atoms with E-state index < -0.39 is 48.3 Å². The van der Waals surface area contributed by atoms with Crippen LogP contribution in [0.4, 0.5) is 0 Å². The molecule has 0 spiro atoms. The largest absolute Gasteiger partial charge is 0.481 e. The molecule has 0 aliphatic carbocycles. The molecule has 28 heavy (non-hydrogen) atoms. The predicted molar refractivity (Wildman–Crippen MR) is 105 cm³/mol. The number of hydrogen-bond acceptors (Lipinski definition) is 7. The first-order chi connectivity index (χ1) is 13.1. The Hall–Kier alpha value is -2.54. The first-order valence-electron chi connectivity index (χ1n) is 8.43. The van der Waals surface area contributed by atoms with Gasteiger partial charge in [-0.05, 0) is 31.3 Å². The van der Waals surface area contributed by atoms with Crippen LogP contribution in [0.25, 0.3) is 0 Å². The van der Waals surface area contributed by atoms with Crippen molar-refractivity contribution in [3.8, 4) is 0 Å². The fourth-order valence-corrected chi connectivity index (χ4v) is 2.55. The lowest BCUT2D eigenvalue weighted by molar-refractivity contribution is -0.143. The summed E-state index contributed by atoms with van der Waals surface area (Å²) in [6.07, 6.45) is 1.82. The Kier molecular flexibility index (Phi) is 12.4. The molecule has 13 heteroatoms. The molecule has 0 aromatic heterocycles. The Morgan fingerprint density at radius 2 is 1.64 bits per heavy atom. The van der Waals surface area contributed by atoms with E-state index in [4.69, 9.17) is 27.4 Å². The van der Waals surface area contributed by atoms with Gasteiger partial charge in [-0.2, -0.15) is 11.8 Å². The van der Waals surface area contributed by atoms with Gasteiger partial charge >= 0.3 is 11.9 Å². The number of carboxylic acid groups (broad SMARTS) is 2. The average Bonchev–Trinajstić information content (AvgIpc) is 2.60. The number of aliphatic imine (C=N–C) groups is 1. The molecular formula is C15H28N6O6S. The minimum atomic E-state index is -1.45. The van der Waals surface area contributed by atoms with Crippen LogP contribution in [0.2, 0.25) is 0 Å². The first kappa shape index (κ1) is 25.5. The number of nitrogens with two attached hydrogens (primary N) is 3. The molecule has 0 rings (SSSR count). The van der Waals surface area contributed by atoms with Gasteiger partial charge in [0.25, 0.3) is 0 Å². The molecule has 0 radical (unpaired) electrons. The molecule has 3 atom stereocenters. The number of hydrogen-bond donors (Lipinski definition) is 7. The lowest BCUT2D eigenvalue weighted by Gasteiger charge is -2.21. The number of rotatable bonds is 14. The third-order valence-corrected chi connectivity index (χ3v) is 4.19. The number of carbonyl (C=O) groups is 4. The number of carbonyl (C=O) groups excluding carboxylic acids is 2. The molecule has 0 saturated carbocycles. The van der Waals surface area contributed by atoms with Crippen LogP contribution in [0, 0.1) is 0 Å². The molecule has 2 amide bonds. The van der Waals surface area contributed by atoms with Crippen LogP contribution in [0.1, 0.15) is 25.7 Å². The van der Waals surface area contributed by atoms with E-state index in [1.54, 1.807) is 6.26 Å². The van der Waals surface area contributed by atoms with Crippen LogP contribution in [-0.2, 0) is 19.2 Å². The van der Waals surface area contributed by atoms with Gasteiger partial charge in [-0.25, -0.2) is 4.79 Å². The zero-order valence-electron chi connectivity index (χ0n) is 15.6. The van der Waals surface area contributed by atoms with Crippen LogP contribution in [0.3, 0.4) is 0 Å². The average molecular weight is 420 g/mol. The SMILES string of the molecule is CSCC[C@H](NC(=O)[C@H](CC(=O)O)NC(=O)[C@@H](N)CCCN=C(N)N)C(=O)O. The van der Waals surface area contributed by atoms with E-state index in [1.165, 1.54) is 11.8 Å². The predicted octanol–water partition coefficient (Wildman–Crippen LogP) is -2.35. The van der Waals surface area contributed by atoms with Gasteiger partial charge in [0.1, 0.15) is 12.1 Å². The number of guanidine groups is 1. The van der Waals surface area contributed by atoms with Crippen LogP contribution >= 0.6 is 11.8 Å². The van der Waals surface area contributed by atoms with Crippen molar-refractivity contribution in [2.75, 3.05) is 18.6 Å². The Bertz CT molecular complexity index is 583. The van der Waals surface area contributed by atoms with Gasteiger partial charge in [0, 0.05) is 6.54 Å². The molecule has 10 N–H and O–H groups in total. The summed E-state index contributed by atoms with van der Waals surface area (Å²) in [5.74, 6) is -3.84. The zero-order chi connectivity index (χ0) is 21.7. The molecule has 0 saturated heterocycles. The number of aliphatic carboxylic acids is 2. The molecule has 0 bridgehead atoms. The smallest absolute Gasteiger partial charge is 0.326 e.